The molecule has 0 saturated heterocycles. The lowest BCUT2D eigenvalue weighted by molar-refractivity contribution is 0.0981. The van der Waals surface area contributed by atoms with Crippen LogP contribution >= 0.6 is 0 Å². The molecule has 4 aromatic rings. The maximum absolute atomic E-state index is 13.1. The lowest BCUT2D eigenvalue weighted by Crippen LogP contribution is -2.32. The van der Waals surface area contributed by atoms with Gasteiger partial charge in [-0.1, -0.05) is 36.4 Å². The van der Waals surface area contributed by atoms with Gasteiger partial charge in [0.25, 0.3) is 15.9 Å². The fraction of sp³-hybridized carbons (Fsp3) is 0.185. The van der Waals surface area contributed by atoms with Crippen molar-refractivity contribution < 1.29 is 17.9 Å². The van der Waals surface area contributed by atoms with Gasteiger partial charge in [0.2, 0.25) is 5.88 Å². The third-order valence-corrected chi connectivity index (χ3v) is 6.43. The minimum Gasteiger partial charge on any atom is -0.475 e. The van der Waals surface area contributed by atoms with E-state index in [-0.39, 0.29) is 22.5 Å². The number of nitrogens with one attached hydrogen (secondary N) is 2. The molecule has 1 aromatic carbocycles. The quantitative estimate of drug-likeness (QED) is 0.336. The Labute approximate surface area is 216 Å². The molecular formula is C27H27N5O4S. The number of carbonyl (C=O) groups excluding carboxylic acids is 1. The molecule has 190 valence electrons. The third kappa shape index (κ3) is 6.68. The molecule has 0 bridgehead atoms. The number of benzene rings is 1. The Hall–Kier alpha value is -4.31. The Balaban J connectivity index is 1.64. The minimum atomic E-state index is -4.18. The van der Waals surface area contributed by atoms with Gasteiger partial charge in [-0.05, 0) is 56.7 Å². The van der Waals surface area contributed by atoms with Crippen LogP contribution in [0.1, 0.15) is 35.5 Å². The summed E-state index contributed by atoms with van der Waals surface area (Å²) in [7, 11) is -4.18. The number of hydrogen-bond acceptors (Lipinski definition) is 8. The van der Waals surface area contributed by atoms with Crippen LogP contribution in [-0.2, 0) is 16.6 Å². The molecule has 0 fully saturated rings. The van der Waals surface area contributed by atoms with Crippen molar-refractivity contribution >= 4 is 21.7 Å². The van der Waals surface area contributed by atoms with Crippen LogP contribution in [0.4, 0.5) is 5.82 Å². The van der Waals surface area contributed by atoms with Crippen LogP contribution in [0.15, 0.2) is 84.0 Å². The second kappa shape index (κ2) is 11.2. The highest BCUT2D eigenvalue weighted by molar-refractivity contribution is 7.90. The van der Waals surface area contributed by atoms with Crippen molar-refractivity contribution in [2.75, 3.05) is 5.32 Å². The van der Waals surface area contributed by atoms with Crippen molar-refractivity contribution in [3.05, 3.63) is 95.8 Å². The van der Waals surface area contributed by atoms with E-state index in [0.717, 1.165) is 5.56 Å². The number of sulfonamides is 1. The number of carbonyl (C=O) groups is 1. The van der Waals surface area contributed by atoms with Crippen LogP contribution in [0, 0.1) is 6.92 Å². The average Bonchev–Trinajstić information content (AvgIpc) is 2.88. The zero-order valence-corrected chi connectivity index (χ0v) is 21.5. The maximum atomic E-state index is 13.1. The molecule has 0 aliphatic heterocycles. The molecule has 1 amide bonds. The third-order valence-electron chi connectivity index (χ3n) is 5.20. The van der Waals surface area contributed by atoms with Gasteiger partial charge < -0.3 is 10.1 Å². The molecule has 3 aromatic heterocycles. The van der Waals surface area contributed by atoms with Crippen LogP contribution in [-0.4, -0.2) is 35.4 Å². The Morgan fingerprint density at radius 3 is 2.41 bits per heavy atom. The smallest absolute Gasteiger partial charge is 0.281 e. The fourth-order valence-corrected chi connectivity index (χ4v) is 4.44. The minimum absolute atomic E-state index is 0.00524. The molecule has 3 heterocycles. The molecule has 2 N–H and O–H groups in total. The predicted molar refractivity (Wildman–Crippen MR) is 141 cm³/mol. The first-order valence-corrected chi connectivity index (χ1v) is 13.1. The van der Waals surface area contributed by atoms with Crippen LogP contribution in [0.2, 0.25) is 0 Å². The summed E-state index contributed by atoms with van der Waals surface area (Å²) in [4.78, 5) is 26.1. The molecule has 4 rings (SSSR count). The average molecular weight is 518 g/mol. The van der Waals surface area contributed by atoms with Crippen molar-refractivity contribution in [1.82, 2.24) is 19.7 Å². The number of nitrogens with zero attached hydrogens (tertiary/aromatic N) is 3. The molecule has 0 saturated carbocycles. The van der Waals surface area contributed by atoms with Crippen molar-refractivity contribution in [3.8, 4) is 17.1 Å². The first-order valence-electron chi connectivity index (χ1n) is 11.6. The molecule has 37 heavy (non-hydrogen) atoms. The molecule has 0 aliphatic rings. The van der Waals surface area contributed by atoms with E-state index in [4.69, 9.17) is 4.74 Å². The van der Waals surface area contributed by atoms with Crippen molar-refractivity contribution in [2.45, 2.75) is 38.4 Å². The Kier molecular flexibility index (Phi) is 7.78. The first-order chi connectivity index (χ1) is 17.7. The number of aromatic nitrogens is 3. The van der Waals surface area contributed by atoms with Gasteiger partial charge in [-0.2, -0.15) is 8.42 Å². The predicted octanol–water partition coefficient (Wildman–Crippen LogP) is 4.37. The molecule has 0 radical (unpaired) electrons. The summed E-state index contributed by atoms with van der Waals surface area (Å²) < 4.78 is 33.3. The molecule has 0 spiro atoms. The number of aryl methyl sites for hydroxylation is 1. The summed E-state index contributed by atoms with van der Waals surface area (Å²) in [5.74, 6) is -0.0994. The van der Waals surface area contributed by atoms with Gasteiger partial charge in [0.05, 0.1) is 17.4 Å². The van der Waals surface area contributed by atoms with Crippen molar-refractivity contribution in [2.24, 2.45) is 0 Å². The van der Waals surface area contributed by atoms with E-state index in [2.05, 4.69) is 25.0 Å². The second-order valence-electron chi connectivity index (χ2n) is 8.54. The molecular weight excluding hydrogens is 490 g/mol. The van der Waals surface area contributed by atoms with E-state index in [9.17, 15) is 13.2 Å². The van der Waals surface area contributed by atoms with Crippen LogP contribution in [0.3, 0.4) is 0 Å². The van der Waals surface area contributed by atoms with Crippen LogP contribution in [0.25, 0.3) is 11.3 Å². The lowest BCUT2D eigenvalue weighted by Gasteiger charge is -2.14. The van der Waals surface area contributed by atoms with E-state index in [0.29, 0.717) is 29.4 Å². The van der Waals surface area contributed by atoms with Gasteiger partial charge in [-0.3, -0.25) is 4.79 Å². The number of anilines is 1. The highest BCUT2D eigenvalue weighted by atomic mass is 32.2. The number of hydrogen-bond donors (Lipinski definition) is 2. The standard InChI is InChI=1S/C27H27N5O4S/c1-18(2)36-24-15-12-21(17-28-24)23-14-13-22(26(31-23)29-16-20-9-5-4-6-10-20)27(33)32-37(34,35)25-11-7-8-19(3)30-25/h4-15,17-18H,16H2,1-3H3,(H,29,31)(H,32,33). The molecule has 0 unspecified atom stereocenters. The van der Waals surface area contributed by atoms with Gasteiger partial charge in [0.1, 0.15) is 5.82 Å². The molecule has 10 heteroatoms. The topological polar surface area (TPSA) is 123 Å². The Bertz CT molecular complexity index is 1490. The first kappa shape index (κ1) is 25.8. The summed E-state index contributed by atoms with van der Waals surface area (Å²) >= 11 is 0. The summed E-state index contributed by atoms with van der Waals surface area (Å²) in [5.41, 5.74) is 2.82. The fourth-order valence-electron chi connectivity index (χ4n) is 3.46. The summed E-state index contributed by atoms with van der Waals surface area (Å²) in [5, 5.41) is 2.93. The summed E-state index contributed by atoms with van der Waals surface area (Å²) in [6, 6.07) is 20.9. The summed E-state index contributed by atoms with van der Waals surface area (Å²) in [6.45, 7) is 5.89. The number of pyridine rings is 3. The Morgan fingerprint density at radius 1 is 0.946 bits per heavy atom. The maximum Gasteiger partial charge on any atom is 0.281 e. The van der Waals surface area contributed by atoms with Gasteiger partial charge >= 0.3 is 0 Å². The second-order valence-corrected chi connectivity index (χ2v) is 10.2. The van der Waals surface area contributed by atoms with E-state index in [1.54, 1.807) is 37.4 Å². The normalized spacial score (nSPS) is 11.2. The van der Waals surface area contributed by atoms with E-state index in [1.165, 1.54) is 12.1 Å². The lowest BCUT2D eigenvalue weighted by atomic mass is 10.1. The number of amides is 1. The van der Waals surface area contributed by atoms with Crippen LogP contribution < -0.4 is 14.8 Å². The molecule has 0 aliphatic carbocycles. The zero-order valence-electron chi connectivity index (χ0n) is 20.7. The van der Waals surface area contributed by atoms with E-state index >= 15 is 0 Å². The molecule has 9 nitrogen and oxygen atoms in total. The van der Waals surface area contributed by atoms with Crippen molar-refractivity contribution in [3.63, 3.8) is 0 Å². The highest BCUT2D eigenvalue weighted by Crippen LogP contribution is 2.24. The van der Waals surface area contributed by atoms with Gasteiger partial charge in [0.15, 0.2) is 5.03 Å². The van der Waals surface area contributed by atoms with Crippen LogP contribution in [0.5, 0.6) is 5.88 Å². The van der Waals surface area contributed by atoms with E-state index in [1.807, 2.05) is 50.2 Å². The highest BCUT2D eigenvalue weighted by Gasteiger charge is 2.23. The van der Waals surface area contributed by atoms with Gasteiger partial charge in [-0.15, -0.1) is 0 Å². The SMILES string of the molecule is Cc1cccc(S(=O)(=O)NC(=O)c2ccc(-c3ccc(OC(C)C)nc3)nc2NCc2ccccc2)n1. The Morgan fingerprint density at radius 2 is 1.73 bits per heavy atom. The van der Waals surface area contributed by atoms with Crippen molar-refractivity contribution in [1.29, 1.82) is 0 Å². The van der Waals surface area contributed by atoms with E-state index < -0.39 is 15.9 Å². The molecule has 0 atom stereocenters. The summed E-state index contributed by atoms with van der Waals surface area (Å²) in [6.07, 6.45) is 1.63. The van der Waals surface area contributed by atoms with Gasteiger partial charge in [0, 0.05) is 30.1 Å². The number of rotatable bonds is 9. The number of ether oxygens (including phenoxy) is 1. The van der Waals surface area contributed by atoms with Gasteiger partial charge in [-0.25, -0.2) is 19.7 Å². The monoisotopic (exact) mass is 517 g/mol. The zero-order chi connectivity index (χ0) is 26.4. The largest absolute Gasteiger partial charge is 0.475 e.